The van der Waals surface area contributed by atoms with Gasteiger partial charge in [0.05, 0.1) is 4.92 Å². The lowest BCUT2D eigenvalue weighted by atomic mass is 10.1. The molecule has 7 nitrogen and oxygen atoms in total. The first kappa shape index (κ1) is 14.5. The molecule has 0 amide bonds. The van der Waals surface area contributed by atoms with Crippen molar-refractivity contribution in [2.24, 2.45) is 0 Å². The molecule has 1 aromatic heterocycles. The van der Waals surface area contributed by atoms with Crippen molar-refractivity contribution in [3.05, 3.63) is 16.3 Å². The van der Waals surface area contributed by atoms with E-state index in [0.29, 0.717) is 17.8 Å². The summed E-state index contributed by atoms with van der Waals surface area (Å²) < 4.78 is 0. The third kappa shape index (κ3) is 3.15. The van der Waals surface area contributed by atoms with Gasteiger partial charge in [-0.15, -0.1) is 0 Å². The summed E-state index contributed by atoms with van der Waals surface area (Å²) in [6.07, 6.45) is 8.25. The highest BCUT2D eigenvalue weighted by Gasteiger charge is 2.26. The first-order valence-corrected chi connectivity index (χ1v) is 7.05. The fourth-order valence-corrected chi connectivity index (χ4v) is 2.69. The highest BCUT2D eigenvalue weighted by atomic mass is 16.6. The first-order chi connectivity index (χ1) is 9.63. The number of nitrogens with one attached hydrogen (secondary N) is 1. The zero-order valence-corrected chi connectivity index (χ0v) is 12.0. The largest absolute Gasteiger partial charge is 0.357 e. The van der Waals surface area contributed by atoms with E-state index in [4.69, 9.17) is 0 Å². The van der Waals surface area contributed by atoms with Crippen LogP contribution in [0, 0.1) is 10.1 Å². The van der Waals surface area contributed by atoms with Gasteiger partial charge in [-0.25, -0.2) is 4.98 Å². The van der Waals surface area contributed by atoms with Gasteiger partial charge in [-0.3, -0.25) is 10.1 Å². The quantitative estimate of drug-likeness (QED) is 0.518. The second kappa shape index (κ2) is 6.49. The molecule has 0 atom stereocenters. The smallest absolute Gasteiger partial charge is 0.329 e. The molecule has 0 aliphatic heterocycles. The molecule has 0 radical (unpaired) electrons. The van der Waals surface area contributed by atoms with Crippen LogP contribution in [0.1, 0.15) is 38.5 Å². The minimum atomic E-state index is -0.415. The average Bonchev–Trinajstić information content (AvgIpc) is 2.74. The Morgan fingerprint density at radius 3 is 2.55 bits per heavy atom. The zero-order chi connectivity index (χ0) is 14.5. The Bertz CT molecular complexity index is 472. The molecule has 2 rings (SSSR count). The fraction of sp³-hybridized carbons (Fsp3) is 0.692. The molecule has 0 saturated heterocycles. The third-order valence-corrected chi connectivity index (χ3v) is 3.88. The van der Waals surface area contributed by atoms with Gasteiger partial charge in [-0.1, -0.05) is 25.7 Å². The molecular weight excluding hydrogens is 258 g/mol. The summed E-state index contributed by atoms with van der Waals surface area (Å²) in [5.74, 6) is 0.812. The lowest BCUT2D eigenvalue weighted by molar-refractivity contribution is -0.384. The Balaban J connectivity index is 2.30. The predicted molar refractivity (Wildman–Crippen MR) is 78.1 cm³/mol. The van der Waals surface area contributed by atoms with E-state index in [1.165, 1.54) is 31.9 Å². The standard InChI is InChI=1S/C13H21N5O2/c1-14-13-15-9-11(18(19)20)12(16-13)17(2)10-7-5-3-4-6-8-10/h9-10H,3-8H2,1-2H3,(H,14,15,16). The van der Waals surface area contributed by atoms with Crippen LogP contribution in [0.25, 0.3) is 0 Å². The number of anilines is 2. The van der Waals surface area contributed by atoms with Gasteiger partial charge in [0.15, 0.2) is 0 Å². The van der Waals surface area contributed by atoms with Crippen molar-refractivity contribution in [1.29, 1.82) is 0 Å². The molecule has 110 valence electrons. The zero-order valence-electron chi connectivity index (χ0n) is 12.0. The molecule has 1 saturated carbocycles. The van der Waals surface area contributed by atoms with Crippen LogP contribution < -0.4 is 10.2 Å². The van der Waals surface area contributed by atoms with Crippen LogP contribution in [0.3, 0.4) is 0 Å². The van der Waals surface area contributed by atoms with E-state index in [-0.39, 0.29) is 5.69 Å². The van der Waals surface area contributed by atoms with Gasteiger partial charge in [-0.05, 0) is 12.8 Å². The number of nitrogens with zero attached hydrogens (tertiary/aromatic N) is 4. The fourth-order valence-electron chi connectivity index (χ4n) is 2.69. The van der Waals surface area contributed by atoms with E-state index in [9.17, 15) is 10.1 Å². The van der Waals surface area contributed by atoms with Gasteiger partial charge >= 0.3 is 5.69 Å². The summed E-state index contributed by atoms with van der Waals surface area (Å²) in [5.41, 5.74) is -0.0317. The second-order valence-electron chi connectivity index (χ2n) is 5.17. The molecular formula is C13H21N5O2. The third-order valence-electron chi connectivity index (χ3n) is 3.88. The molecule has 1 N–H and O–H groups in total. The summed E-state index contributed by atoms with van der Waals surface area (Å²) in [6, 6.07) is 0.316. The molecule has 7 heteroatoms. The number of nitro groups is 1. The van der Waals surface area contributed by atoms with Gasteiger partial charge in [-0.2, -0.15) is 4.98 Å². The van der Waals surface area contributed by atoms with Crippen LogP contribution in [0.2, 0.25) is 0 Å². The minimum Gasteiger partial charge on any atom is -0.357 e. The molecule has 0 unspecified atom stereocenters. The maximum absolute atomic E-state index is 11.2. The SMILES string of the molecule is CNc1ncc([N+](=O)[O-])c(N(C)C2CCCCCC2)n1. The highest BCUT2D eigenvalue weighted by Crippen LogP contribution is 2.30. The van der Waals surface area contributed by atoms with E-state index in [2.05, 4.69) is 15.3 Å². The van der Waals surface area contributed by atoms with E-state index in [1.807, 2.05) is 11.9 Å². The van der Waals surface area contributed by atoms with Gasteiger partial charge < -0.3 is 10.2 Å². The molecule has 0 aromatic carbocycles. The van der Waals surface area contributed by atoms with Crippen LogP contribution in [0.4, 0.5) is 17.5 Å². The Morgan fingerprint density at radius 2 is 2.00 bits per heavy atom. The van der Waals surface area contributed by atoms with Crippen LogP contribution >= 0.6 is 0 Å². The number of hydrogen-bond acceptors (Lipinski definition) is 6. The maximum Gasteiger partial charge on any atom is 0.329 e. The van der Waals surface area contributed by atoms with Crippen molar-refractivity contribution in [3.8, 4) is 0 Å². The van der Waals surface area contributed by atoms with Crippen LogP contribution in [0.15, 0.2) is 6.20 Å². The topological polar surface area (TPSA) is 84.2 Å². The van der Waals surface area contributed by atoms with Gasteiger partial charge in [0, 0.05) is 20.1 Å². The van der Waals surface area contributed by atoms with Crippen LogP contribution in [-0.2, 0) is 0 Å². The number of aromatic nitrogens is 2. The molecule has 1 fully saturated rings. The van der Waals surface area contributed by atoms with Crippen LogP contribution in [0.5, 0.6) is 0 Å². The van der Waals surface area contributed by atoms with E-state index in [0.717, 1.165) is 12.8 Å². The van der Waals surface area contributed by atoms with Crippen molar-refractivity contribution in [2.75, 3.05) is 24.3 Å². The van der Waals surface area contributed by atoms with Gasteiger partial charge in [0.1, 0.15) is 6.20 Å². The average molecular weight is 279 g/mol. The van der Waals surface area contributed by atoms with E-state index >= 15 is 0 Å². The Hall–Kier alpha value is -1.92. The van der Waals surface area contributed by atoms with Crippen molar-refractivity contribution in [1.82, 2.24) is 9.97 Å². The second-order valence-corrected chi connectivity index (χ2v) is 5.17. The normalized spacial score (nSPS) is 16.5. The highest BCUT2D eigenvalue weighted by molar-refractivity contribution is 5.59. The number of rotatable bonds is 4. The Morgan fingerprint density at radius 1 is 1.35 bits per heavy atom. The molecule has 0 bridgehead atoms. The van der Waals surface area contributed by atoms with Crippen molar-refractivity contribution in [3.63, 3.8) is 0 Å². The molecule has 20 heavy (non-hydrogen) atoms. The summed E-state index contributed by atoms with van der Waals surface area (Å²) >= 11 is 0. The van der Waals surface area contributed by atoms with Crippen molar-refractivity contribution >= 4 is 17.5 Å². The minimum absolute atomic E-state index is 0.0317. The maximum atomic E-state index is 11.2. The van der Waals surface area contributed by atoms with Crippen molar-refractivity contribution in [2.45, 2.75) is 44.6 Å². The number of hydrogen-bond donors (Lipinski definition) is 1. The molecule has 1 heterocycles. The predicted octanol–water partition coefficient (Wildman–Crippen LogP) is 2.59. The summed E-state index contributed by atoms with van der Waals surface area (Å²) in [6.45, 7) is 0. The Kier molecular flexibility index (Phi) is 4.70. The lowest BCUT2D eigenvalue weighted by Crippen LogP contribution is -2.32. The first-order valence-electron chi connectivity index (χ1n) is 7.05. The summed E-state index contributed by atoms with van der Waals surface area (Å²) in [5, 5.41) is 14.0. The van der Waals surface area contributed by atoms with Gasteiger partial charge in [0.25, 0.3) is 0 Å². The van der Waals surface area contributed by atoms with Gasteiger partial charge in [0.2, 0.25) is 11.8 Å². The van der Waals surface area contributed by atoms with E-state index < -0.39 is 4.92 Å². The lowest BCUT2D eigenvalue weighted by Gasteiger charge is -2.27. The monoisotopic (exact) mass is 279 g/mol. The van der Waals surface area contributed by atoms with E-state index in [1.54, 1.807) is 7.05 Å². The van der Waals surface area contributed by atoms with Crippen LogP contribution in [-0.4, -0.2) is 35.0 Å². The molecule has 1 aliphatic rings. The Labute approximate surface area is 118 Å². The summed E-state index contributed by atoms with van der Waals surface area (Å²) in [4.78, 5) is 20.9. The van der Waals surface area contributed by atoms with Crippen molar-refractivity contribution < 1.29 is 4.92 Å². The molecule has 0 spiro atoms. The summed E-state index contributed by atoms with van der Waals surface area (Å²) in [7, 11) is 3.60. The molecule has 1 aliphatic carbocycles. The molecule has 1 aromatic rings.